The lowest BCUT2D eigenvalue weighted by Gasteiger charge is -2.24. The van der Waals surface area contributed by atoms with Crippen molar-refractivity contribution in [3.63, 3.8) is 0 Å². The minimum Gasteiger partial charge on any atom is -0.486 e. The highest BCUT2D eigenvalue weighted by Gasteiger charge is 2.21. The van der Waals surface area contributed by atoms with E-state index in [1.165, 1.54) is 30.4 Å². The van der Waals surface area contributed by atoms with Crippen molar-refractivity contribution in [2.75, 3.05) is 19.8 Å². The molecular formula is C17H23NO2. The predicted molar refractivity (Wildman–Crippen MR) is 80.4 cm³/mol. The number of ether oxygens (including phenoxy) is 2. The van der Waals surface area contributed by atoms with Gasteiger partial charge in [-0.2, -0.15) is 0 Å². The fourth-order valence-corrected chi connectivity index (χ4v) is 2.95. The summed E-state index contributed by atoms with van der Waals surface area (Å²) in [4.78, 5) is 0. The van der Waals surface area contributed by atoms with Gasteiger partial charge in [-0.05, 0) is 49.9 Å². The quantitative estimate of drug-likeness (QED) is 0.831. The average molecular weight is 273 g/mol. The largest absolute Gasteiger partial charge is 0.486 e. The summed E-state index contributed by atoms with van der Waals surface area (Å²) >= 11 is 0. The molecule has 0 radical (unpaired) electrons. The molecule has 2 aliphatic rings. The maximum absolute atomic E-state index is 5.71. The first-order valence-corrected chi connectivity index (χ1v) is 7.70. The summed E-state index contributed by atoms with van der Waals surface area (Å²) in [5.74, 6) is 1.75. The number of fused-ring (bicyclic) bond motifs is 1. The Kier molecular flexibility index (Phi) is 4.26. The van der Waals surface area contributed by atoms with Crippen LogP contribution in [-0.4, -0.2) is 19.8 Å². The van der Waals surface area contributed by atoms with Gasteiger partial charge < -0.3 is 14.8 Å². The maximum Gasteiger partial charge on any atom is 0.161 e. The molecule has 3 nitrogen and oxygen atoms in total. The van der Waals surface area contributed by atoms with Crippen LogP contribution in [0.25, 0.3) is 0 Å². The van der Waals surface area contributed by atoms with E-state index in [9.17, 15) is 0 Å². The molecule has 0 aromatic heterocycles. The zero-order chi connectivity index (χ0) is 13.8. The van der Waals surface area contributed by atoms with Crippen molar-refractivity contribution >= 4 is 0 Å². The van der Waals surface area contributed by atoms with E-state index >= 15 is 0 Å². The lowest BCUT2D eigenvalue weighted by molar-refractivity contribution is 0.171. The van der Waals surface area contributed by atoms with E-state index < -0.39 is 0 Å². The van der Waals surface area contributed by atoms with Gasteiger partial charge in [-0.15, -0.1) is 0 Å². The minimum absolute atomic E-state index is 0.327. The van der Waals surface area contributed by atoms with Crippen molar-refractivity contribution in [1.82, 2.24) is 5.32 Å². The molecule has 1 N–H and O–H groups in total. The van der Waals surface area contributed by atoms with Gasteiger partial charge in [-0.25, -0.2) is 0 Å². The Morgan fingerprint density at radius 3 is 2.80 bits per heavy atom. The molecule has 3 rings (SSSR count). The molecule has 1 aliphatic carbocycles. The first-order chi connectivity index (χ1) is 9.88. The number of hydrogen-bond acceptors (Lipinski definition) is 3. The molecule has 1 aromatic carbocycles. The lowest BCUT2D eigenvalue weighted by Crippen LogP contribution is -2.24. The number of allylic oxidation sites excluding steroid dienone is 1. The SMILES string of the molecule is CCCNC(C1=CCCC1)c1ccc2c(c1)OCCO2. The van der Waals surface area contributed by atoms with Crippen LogP contribution in [0.4, 0.5) is 0 Å². The fourth-order valence-electron chi connectivity index (χ4n) is 2.95. The van der Waals surface area contributed by atoms with Crippen molar-refractivity contribution in [3.05, 3.63) is 35.4 Å². The molecule has 1 heterocycles. The second kappa shape index (κ2) is 6.31. The van der Waals surface area contributed by atoms with E-state index in [1.54, 1.807) is 0 Å². The second-order valence-electron chi connectivity index (χ2n) is 5.46. The van der Waals surface area contributed by atoms with Crippen LogP contribution in [-0.2, 0) is 0 Å². The highest BCUT2D eigenvalue weighted by atomic mass is 16.6. The maximum atomic E-state index is 5.71. The second-order valence-corrected chi connectivity index (χ2v) is 5.46. The summed E-state index contributed by atoms with van der Waals surface area (Å²) in [7, 11) is 0. The Morgan fingerprint density at radius 2 is 2.05 bits per heavy atom. The van der Waals surface area contributed by atoms with Gasteiger partial charge in [0.25, 0.3) is 0 Å². The van der Waals surface area contributed by atoms with Gasteiger partial charge in [0.05, 0.1) is 6.04 Å². The summed E-state index contributed by atoms with van der Waals surface area (Å²) < 4.78 is 11.3. The lowest BCUT2D eigenvalue weighted by atomic mass is 9.97. The number of nitrogens with one attached hydrogen (secondary N) is 1. The molecule has 3 heteroatoms. The van der Waals surface area contributed by atoms with Gasteiger partial charge in [-0.1, -0.05) is 24.6 Å². The smallest absolute Gasteiger partial charge is 0.161 e. The van der Waals surface area contributed by atoms with Crippen molar-refractivity contribution in [2.45, 2.75) is 38.6 Å². The van der Waals surface area contributed by atoms with Gasteiger partial charge in [0.15, 0.2) is 11.5 Å². The van der Waals surface area contributed by atoms with E-state index in [4.69, 9.17) is 9.47 Å². The third kappa shape index (κ3) is 2.83. The molecule has 0 fully saturated rings. The third-order valence-corrected chi connectivity index (χ3v) is 3.94. The Balaban J connectivity index is 1.86. The van der Waals surface area contributed by atoms with Gasteiger partial charge in [0, 0.05) is 0 Å². The van der Waals surface area contributed by atoms with Crippen molar-refractivity contribution in [1.29, 1.82) is 0 Å². The number of benzene rings is 1. The van der Waals surface area contributed by atoms with Crippen LogP contribution < -0.4 is 14.8 Å². The summed E-state index contributed by atoms with van der Waals surface area (Å²) in [5, 5.41) is 3.67. The molecule has 1 aliphatic heterocycles. The molecule has 1 atom stereocenters. The van der Waals surface area contributed by atoms with E-state index in [1.807, 2.05) is 6.07 Å². The van der Waals surface area contributed by atoms with Gasteiger partial charge in [-0.3, -0.25) is 0 Å². The molecule has 1 aromatic rings. The van der Waals surface area contributed by atoms with Crippen molar-refractivity contribution in [3.8, 4) is 11.5 Å². The highest BCUT2D eigenvalue weighted by molar-refractivity contribution is 5.46. The number of hydrogen-bond donors (Lipinski definition) is 1. The summed E-state index contributed by atoms with van der Waals surface area (Å²) in [5.41, 5.74) is 2.81. The van der Waals surface area contributed by atoms with Crippen LogP contribution in [0.1, 0.15) is 44.2 Å². The Bertz CT molecular complexity index is 496. The normalized spacial score (nSPS) is 18.8. The molecule has 0 bridgehead atoms. The first kappa shape index (κ1) is 13.5. The van der Waals surface area contributed by atoms with Crippen LogP contribution in [0.5, 0.6) is 11.5 Å². The molecule has 0 amide bonds. The molecular weight excluding hydrogens is 250 g/mol. The monoisotopic (exact) mass is 273 g/mol. The average Bonchev–Trinajstić information content (AvgIpc) is 3.02. The van der Waals surface area contributed by atoms with Crippen LogP contribution in [0.3, 0.4) is 0 Å². The first-order valence-electron chi connectivity index (χ1n) is 7.70. The van der Waals surface area contributed by atoms with E-state index in [0.29, 0.717) is 19.3 Å². The topological polar surface area (TPSA) is 30.5 Å². The molecule has 0 saturated heterocycles. The molecule has 20 heavy (non-hydrogen) atoms. The summed E-state index contributed by atoms with van der Waals surface area (Å²) in [6, 6.07) is 6.68. The van der Waals surface area contributed by atoms with Crippen LogP contribution >= 0.6 is 0 Å². The summed E-state index contributed by atoms with van der Waals surface area (Å²) in [6.07, 6.45) is 7.24. The zero-order valence-electron chi connectivity index (χ0n) is 12.2. The standard InChI is InChI=1S/C17H23NO2/c1-2-9-18-17(13-5-3-4-6-13)14-7-8-15-16(12-14)20-11-10-19-15/h5,7-8,12,17-18H,2-4,6,9-11H2,1H3. The van der Waals surface area contributed by atoms with Crippen LogP contribution in [0.2, 0.25) is 0 Å². The molecule has 1 unspecified atom stereocenters. The van der Waals surface area contributed by atoms with Crippen molar-refractivity contribution in [2.24, 2.45) is 0 Å². The van der Waals surface area contributed by atoms with E-state index in [2.05, 4.69) is 30.4 Å². The van der Waals surface area contributed by atoms with Gasteiger partial charge >= 0.3 is 0 Å². The predicted octanol–water partition coefficient (Wildman–Crippen LogP) is 3.61. The zero-order valence-corrected chi connectivity index (χ0v) is 12.2. The fraction of sp³-hybridized carbons (Fsp3) is 0.529. The third-order valence-electron chi connectivity index (χ3n) is 3.94. The Hall–Kier alpha value is -1.48. The molecule has 0 saturated carbocycles. The molecule has 108 valence electrons. The van der Waals surface area contributed by atoms with Crippen LogP contribution in [0, 0.1) is 0 Å². The number of rotatable bonds is 5. The Labute approximate surface area is 121 Å². The van der Waals surface area contributed by atoms with Gasteiger partial charge in [0.1, 0.15) is 13.2 Å². The summed E-state index contributed by atoms with van der Waals surface area (Å²) in [6.45, 7) is 4.54. The van der Waals surface area contributed by atoms with E-state index in [0.717, 1.165) is 24.5 Å². The molecule has 0 spiro atoms. The highest BCUT2D eigenvalue weighted by Crippen LogP contribution is 2.36. The van der Waals surface area contributed by atoms with Crippen LogP contribution in [0.15, 0.2) is 29.8 Å². The van der Waals surface area contributed by atoms with E-state index in [-0.39, 0.29) is 0 Å². The van der Waals surface area contributed by atoms with Gasteiger partial charge in [0.2, 0.25) is 0 Å². The minimum atomic E-state index is 0.327. The Morgan fingerprint density at radius 1 is 1.20 bits per heavy atom. The van der Waals surface area contributed by atoms with Crippen molar-refractivity contribution < 1.29 is 9.47 Å².